The van der Waals surface area contributed by atoms with Crippen molar-refractivity contribution in [3.63, 3.8) is 0 Å². The van der Waals surface area contributed by atoms with Gasteiger partial charge in [-0.25, -0.2) is 13.1 Å². The lowest BCUT2D eigenvalue weighted by molar-refractivity contribution is 0.579. The van der Waals surface area contributed by atoms with Gasteiger partial charge in [-0.2, -0.15) is 5.10 Å². The molecule has 2 rings (SSSR count). The zero-order chi connectivity index (χ0) is 15.6. The van der Waals surface area contributed by atoms with Gasteiger partial charge >= 0.3 is 0 Å². The van der Waals surface area contributed by atoms with Crippen molar-refractivity contribution in [3.05, 3.63) is 47.3 Å². The Morgan fingerprint density at radius 3 is 2.43 bits per heavy atom. The predicted molar refractivity (Wildman–Crippen MR) is 82.9 cm³/mol. The molecule has 0 amide bonds. The molecule has 0 fully saturated rings. The third-order valence-corrected chi connectivity index (χ3v) is 5.41. The third kappa shape index (κ3) is 3.45. The van der Waals surface area contributed by atoms with Crippen molar-refractivity contribution < 1.29 is 8.42 Å². The van der Waals surface area contributed by atoms with Gasteiger partial charge in [-0.15, -0.1) is 11.6 Å². The van der Waals surface area contributed by atoms with Crippen LogP contribution in [-0.4, -0.2) is 24.7 Å². The van der Waals surface area contributed by atoms with Gasteiger partial charge in [0.15, 0.2) is 0 Å². The Kier molecular flexibility index (Phi) is 4.70. The zero-order valence-corrected chi connectivity index (χ0v) is 13.7. The second kappa shape index (κ2) is 6.17. The summed E-state index contributed by atoms with van der Waals surface area (Å²) in [6, 6.07) is 9.36. The second-order valence-corrected chi connectivity index (χ2v) is 7.08. The molecule has 0 radical (unpaired) electrons. The first-order chi connectivity index (χ1) is 9.83. The van der Waals surface area contributed by atoms with Crippen LogP contribution in [0, 0.1) is 13.8 Å². The minimum Gasteiger partial charge on any atom is -0.271 e. The number of hydrogen-bond donors (Lipinski definition) is 1. The Labute approximate surface area is 130 Å². The molecule has 1 unspecified atom stereocenters. The Hall–Kier alpha value is -1.37. The molecule has 2 aromatic rings. The van der Waals surface area contributed by atoms with Crippen LogP contribution < -0.4 is 4.72 Å². The minimum absolute atomic E-state index is 0.127. The summed E-state index contributed by atoms with van der Waals surface area (Å²) >= 11 is 6.24. The van der Waals surface area contributed by atoms with Crippen LogP contribution in [0.25, 0.3) is 0 Å². The minimum atomic E-state index is -3.62. The van der Waals surface area contributed by atoms with Crippen LogP contribution in [0.5, 0.6) is 0 Å². The lowest BCUT2D eigenvalue weighted by Gasteiger charge is -2.12. The van der Waals surface area contributed by atoms with E-state index in [4.69, 9.17) is 11.6 Å². The predicted octanol–water partition coefficient (Wildman–Crippen LogP) is 2.30. The van der Waals surface area contributed by atoms with Crippen molar-refractivity contribution in [2.24, 2.45) is 7.05 Å². The molecular formula is C14H18ClN3O2S. The summed E-state index contributed by atoms with van der Waals surface area (Å²) in [6.07, 6.45) is 0. The van der Waals surface area contributed by atoms with Gasteiger partial charge in [0, 0.05) is 13.6 Å². The van der Waals surface area contributed by atoms with E-state index in [0.717, 1.165) is 5.56 Å². The van der Waals surface area contributed by atoms with Gasteiger partial charge in [0.1, 0.15) is 4.90 Å². The van der Waals surface area contributed by atoms with Crippen LogP contribution in [0.2, 0.25) is 0 Å². The molecule has 1 aromatic heterocycles. The van der Waals surface area contributed by atoms with Crippen molar-refractivity contribution in [3.8, 4) is 0 Å². The number of aromatic nitrogens is 2. The summed E-state index contributed by atoms with van der Waals surface area (Å²) in [6.45, 7) is 3.53. The molecule has 1 aromatic carbocycles. The van der Waals surface area contributed by atoms with E-state index in [0.29, 0.717) is 11.4 Å². The number of hydrogen-bond acceptors (Lipinski definition) is 3. The van der Waals surface area contributed by atoms with Gasteiger partial charge in [0.25, 0.3) is 0 Å². The Morgan fingerprint density at radius 1 is 1.29 bits per heavy atom. The molecule has 0 saturated carbocycles. The van der Waals surface area contributed by atoms with Crippen LogP contribution in [0.15, 0.2) is 35.2 Å². The molecule has 0 aliphatic heterocycles. The highest BCUT2D eigenvalue weighted by Gasteiger charge is 2.24. The van der Waals surface area contributed by atoms with E-state index >= 15 is 0 Å². The van der Waals surface area contributed by atoms with E-state index in [1.165, 1.54) is 0 Å². The number of nitrogens with one attached hydrogen (secondary N) is 1. The molecule has 0 bridgehead atoms. The summed E-state index contributed by atoms with van der Waals surface area (Å²) in [5.41, 5.74) is 1.96. The first kappa shape index (κ1) is 16.0. The van der Waals surface area contributed by atoms with Crippen molar-refractivity contribution in [2.75, 3.05) is 6.54 Å². The zero-order valence-electron chi connectivity index (χ0n) is 12.2. The van der Waals surface area contributed by atoms with Gasteiger partial charge in [-0.05, 0) is 19.4 Å². The van der Waals surface area contributed by atoms with Crippen LogP contribution in [0.1, 0.15) is 22.3 Å². The highest BCUT2D eigenvalue weighted by atomic mass is 35.5. The van der Waals surface area contributed by atoms with Crippen LogP contribution in [0.3, 0.4) is 0 Å². The fourth-order valence-corrected chi connectivity index (χ4v) is 3.97. The van der Waals surface area contributed by atoms with E-state index in [2.05, 4.69) is 9.82 Å². The molecule has 21 heavy (non-hydrogen) atoms. The molecular weight excluding hydrogens is 310 g/mol. The first-order valence-electron chi connectivity index (χ1n) is 6.52. The Morgan fingerprint density at radius 2 is 1.90 bits per heavy atom. The number of sulfonamides is 1. The van der Waals surface area contributed by atoms with Crippen LogP contribution in [-0.2, 0) is 17.1 Å². The monoisotopic (exact) mass is 327 g/mol. The van der Waals surface area contributed by atoms with Gasteiger partial charge in [-0.1, -0.05) is 30.3 Å². The number of nitrogens with zero attached hydrogens (tertiary/aromatic N) is 2. The summed E-state index contributed by atoms with van der Waals surface area (Å²) in [7, 11) is -1.90. The fourth-order valence-electron chi connectivity index (χ4n) is 2.18. The van der Waals surface area contributed by atoms with E-state index in [-0.39, 0.29) is 11.4 Å². The maximum absolute atomic E-state index is 12.4. The quantitative estimate of drug-likeness (QED) is 0.857. The Balaban J connectivity index is 2.15. The number of halogens is 1. The summed E-state index contributed by atoms with van der Waals surface area (Å²) in [4.78, 5) is 0.224. The Bertz CT molecular complexity index is 726. The highest BCUT2D eigenvalue weighted by molar-refractivity contribution is 7.89. The van der Waals surface area contributed by atoms with Crippen LogP contribution in [0.4, 0.5) is 0 Å². The average Bonchev–Trinajstić information content (AvgIpc) is 2.71. The van der Waals surface area contributed by atoms with Gasteiger partial charge in [0.05, 0.1) is 16.8 Å². The van der Waals surface area contributed by atoms with Crippen molar-refractivity contribution in [1.29, 1.82) is 0 Å². The summed E-state index contributed by atoms with van der Waals surface area (Å²) < 4.78 is 28.9. The van der Waals surface area contributed by atoms with Crippen LogP contribution >= 0.6 is 11.6 Å². The van der Waals surface area contributed by atoms with Gasteiger partial charge in [0.2, 0.25) is 10.0 Å². The molecule has 114 valence electrons. The maximum atomic E-state index is 12.4. The molecule has 0 aliphatic rings. The second-order valence-electron chi connectivity index (χ2n) is 4.85. The topological polar surface area (TPSA) is 64.0 Å². The first-order valence-corrected chi connectivity index (χ1v) is 8.43. The van der Waals surface area contributed by atoms with E-state index in [1.807, 2.05) is 30.3 Å². The third-order valence-electron chi connectivity index (χ3n) is 3.33. The normalized spacial score (nSPS) is 13.3. The highest BCUT2D eigenvalue weighted by Crippen LogP contribution is 2.22. The molecule has 0 aliphatic carbocycles. The molecule has 0 saturated heterocycles. The molecule has 1 N–H and O–H groups in total. The smallest absolute Gasteiger partial charge is 0.244 e. The lowest BCUT2D eigenvalue weighted by atomic mass is 10.1. The molecule has 5 nitrogen and oxygen atoms in total. The average molecular weight is 328 g/mol. The number of alkyl halides is 1. The summed E-state index contributed by atoms with van der Waals surface area (Å²) in [5.74, 6) is 0. The van der Waals surface area contributed by atoms with Crippen molar-refractivity contribution in [1.82, 2.24) is 14.5 Å². The molecule has 0 spiro atoms. The molecule has 7 heteroatoms. The van der Waals surface area contributed by atoms with Crippen molar-refractivity contribution in [2.45, 2.75) is 24.1 Å². The standard InChI is InChI=1S/C14H18ClN3O2S/c1-10-14(11(2)18(3)17-10)21(19,20)16-9-13(15)12-7-5-4-6-8-12/h4-8,13,16H,9H2,1-3H3. The van der Waals surface area contributed by atoms with E-state index in [9.17, 15) is 8.42 Å². The van der Waals surface area contributed by atoms with E-state index in [1.54, 1.807) is 25.6 Å². The fraction of sp³-hybridized carbons (Fsp3) is 0.357. The largest absolute Gasteiger partial charge is 0.271 e. The van der Waals surface area contributed by atoms with E-state index < -0.39 is 15.4 Å². The number of benzene rings is 1. The molecule has 1 heterocycles. The number of aryl methyl sites for hydroxylation is 2. The lowest BCUT2D eigenvalue weighted by Crippen LogP contribution is -2.28. The number of rotatable bonds is 5. The van der Waals surface area contributed by atoms with Gasteiger partial charge in [-0.3, -0.25) is 4.68 Å². The molecule has 1 atom stereocenters. The van der Waals surface area contributed by atoms with Gasteiger partial charge < -0.3 is 0 Å². The summed E-state index contributed by atoms with van der Waals surface area (Å²) in [5, 5.41) is 3.71. The SMILES string of the molecule is Cc1nn(C)c(C)c1S(=O)(=O)NCC(Cl)c1ccccc1. The van der Waals surface area contributed by atoms with Crippen molar-refractivity contribution >= 4 is 21.6 Å². The maximum Gasteiger partial charge on any atom is 0.244 e.